The molecule has 1 aromatic carbocycles. The van der Waals surface area contributed by atoms with E-state index in [1.807, 2.05) is 0 Å². The van der Waals surface area contributed by atoms with E-state index in [0.29, 0.717) is 29.0 Å². The molecule has 2 saturated heterocycles. The fraction of sp³-hybridized carbons (Fsp3) is 0.400. The van der Waals surface area contributed by atoms with E-state index < -0.39 is 12.0 Å². The Balaban J connectivity index is 1.77. The number of likely N-dealkylation sites (tertiary alicyclic amines) is 1. The van der Waals surface area contributed by atoms with E-state index in [-0.39, 0.29) is 23.1 Å². The Morgan fingerprint density at radius 2 is 1.86 bits per heavy atom. The van der Waals surface area contributed by atoms with E-state index in [1.165, 1.54) is 9.80 Å². The van der Waals surface area contributed by atoms with Gasteiger partial charge in [0.25, 0.3) is 17.1 Å². The highest BCUT2D eigenvalue weighted by atomic mass is 32.2. The molecule has 0 aliphatic carbocycles. The lowest BCUT2D eigenvalue weighted by Gasteiger charge is -2.33. The number of carboxylic acids is 1. The smallest absolute Gasteiger partial charge is 0.326 e. The maximum atomic E-state index is 12.7. The van der Waals surface area contributed by atoms with Gasteiger partial charge in [0.2, 0.25) is 0 Å². The number of carbonyl (C=O) groups excluding carboxylic acids is 3. The van der Waals surface area contributed by atoms with Gasteiger partial charge in [-0.25, -0.2) is 4.79 Å². The van der Waals surface area contributed by atoms with Gasteiger partial charge in [0.15, 0.2) is 0 Å². The largest absolute Gasteiger partial charge is 0.480 e. The summed E-state index contributed by atoms with van der Waals surface area (Å²) in [7, 11) is 0. The fourth-order valence-corrected chi connectivity index (χ4v) is 4.36. The summed E-state index contributed by atoms with van der Waals surface area (Å²) < 4.78 is 0. The second-order valence-corrected chi connectivity index (χ2v) is 8.11. The van der Waals surface area contributed by atoms with Crippen molar-refractivity contribution in [1.29, 1.82) is 0 Å². The second-order valence-electron chi connectivity index (χ2n) is 7.12. The number of rotatable bonds is 4. The van der Waals surface area contributed by atoms with Crippen molar-refractivity contribution >= 4 is 40.9 Å². The Morgan fingerprint density at radius 3 is 2.43 bits per heavy atom. The summed E-state index contributed by atoms with van der Waals surface area (Å²) in [6.07, 6.45) is 3.68. The van der Waals surface area contributed by atoms with Gasteiger partial charge in [-0.2, -0.15) is 0 Å². The molecule has 2 fully saturated rings. The average Bonchev–Trinajstić information content (AvgIpc) is 2.95. The van der Waals surface area contributed by atoms with Crippen LogP contribution in [0.2, 0.25) is 0 Å². The third kappa shape index (κ3) is 3.96. The molecule has 1 atom stereocenters. The highest BCUT2D eigenvalue weighted by molar-refractivity contribution is 8.18. The number of hydrogen-bond acceptors (Lipinski definition) is 5. The molecule has 2 aliphatic rings. The summed E-state index contributed by atoms with van der Waals surface area (Å²) in [6, 6.07) is 5.63. The molecule has 148 valence electrons. The van der Waals surface area contributed by atoms with Gasteiger partial charge in [0.05, 0.1) is 4.91 Å². The van der Waals surface area contributed by atoms with Gasteiger partial charge in [-0.1, -0.05) is 12.1 Å². The van der Waals surface area contributed by atoms with Gasteiger partial charge >= 0.3 is 5.97 Å². The van der Waals surface area contributed by atoms with E-state index in [1.54, 1.807) is 44.2 Å². The highest BCUT2D eigenvalue weighted by Crippen LogP contribution is 2.33. The quantitative estimate of drug-likeness (QED) is 0.777. The van der Waals surface area contributed by atoms with Crippen molar-refractivity contribution in [3.8, 4) is 0 Å². The predicted molar refractivity (Wildman–Crippen MR) is 106 cm³/mol. The molecule has 3 amide bonds. The molecule has 2 aliphatic heterocycles. The molecule has 0 saturated carbocycles. The van der Waals surface area contributed by atoms with Gasteiger partial charge < -0.3 is 10.0 Å². The number of amides is 3. The van der Waals surface area contributed by atoms with E-state index in [2.05, 4.69) is 0 Å². The minimum atomic E-state index is -0.981. The molecule has 28 heavy (non-hydrogen) atoms. The first-order valence-corrected chi connectivity index (χ1v) is 10.0. The summed E-state index contributed by atoms with van der Waals surface area (Å²) >= 11 is 0.900. The zero-order chi connectivity index (χ0) is 20.4. The minimum absolute atomic E-state index is 0.204. The number of hydrogen-bond donors (Lipinski definition) is 1. The van der Waals surface area contributed by atoms with Gasteiger partial charge in [-0.15, -0.1) is 0 Å². The standard InChI is InChI=1S/C20H22N2O5S/c1-12(2)22-18(24)16(28-20(22)27)11-13-6-8-14(9-7-13)17(23)21-10-4-3-5-15(21)19(25)26/h6-9,11-12,15H,3-5,10H2,1-2H3,(H,25,26). The van der Waals surface area contributed by atoms with Crippen molar-refractivity contribution in [3.05, 3.63) is 40.3 Å². The molecule has 8 heteroatoms. The van der Waals surface area contributed by atoms with Crippen LogP contribution in [0.5, 0.6) is 0 Å². The molecule has 2 heterocycles. The van der Waals surface area contributed by atoms with Crippen LogP contribution in [0.4, 0.5) is 4.79 Å². The molecule has 0 aromatic heterocycles. The molecular weight excluding hydrogens is 380 g/mol. The van der Waals surface area contributed by atoms with Crippen LogP contribution in [-0.4, -0.2) is 56.6 Å². The Hall–Kier alpha value is -2.61. The first-order chi connectivity index (χ1) is 13.3. The third-order valence-electron chi connectivity index (χ3n) is 4.84. The molecule has 0 spiro atoms. The van der Waals surface area contributed by atoms with Crippen molar-refractivity contribution in [2.75, 3.05) is 6.54 Å². The number of aliphatic carboxylic acids is 1. The van der Waals surface area contributed by atoms with Crippen molar-refractivity contribution in [2.24, 2.45) is 0 Å². The van der Waals surface area contributed by atoms with E-state index in [9.17, 15) is 24.3 Å². The van der Waals surface area contributed by atoms with Crippen LogP contribution in [0.25, 0.3) is 6.08 Å². The molecule has 1 N–H and O–H groups in total. The Labute approximate surface area is 167 Å². The van der Waals surface area contributed by atoms with Crippen molar-refractivity contribution in [1.82, 2.24) is 9.80 Å². The summed E-state index contributed by atoms with van der Waals surface area (Å²) in [5, 5.41) is 9.06. The van der Waals surface area contributed by atoms with E-state index >= 15 is 0 Å². The first kappa shape index (κ1) is 20.1. The van der Waals surface area contributed by atoms with Gasteiger partial charge in [0.1, 0.15) is 6.04 Å². The van der Waals surface area contributed by atoms with Crippen molar-refractivity contribution in [3.63, 3.8) is 0 Å². The maximum absolute atomic E-state index is 12.7. The number of thioether (sulfide) groups is 1. The van der Waals surface area contributed by atoms with Gasteiger partial charge in [0, 0.05) is 18.2 Å². The van der Waals surface area contributed by atoms with Crippen LogP contribution >= 0.6 is 11.8 Å². The maximum Gasteiger partial charge on any atom is 0.326 e. The molecule has 0 radical (unpaired) electrons. The van der Waals surface area contributed by atoms with Crippen LogP contribution in [0.3, 0.4) is 0 Å². The molecule has 0 bridgehead atoms. The van der Waals surface area contributed by atoms with E-state index in [4.69, 9.17) is 0 Å². The van der Waals surface area contributed by atoms with Crippen LogP contribution in [0.1, 0.15) is 49.0 Å². The SMILES string of the molecule is CC(C)N1C(=O)SC(=Cc2ccc(C(=O)N3CCCCC3C(=O)O)cc2)C1=O. The lowest BCUT2D eigenvalue weighted by Crippen LogP contribution is -2.47. The lowest BCUT2D eigenvalue weighted by molar-refractivity contribution is -0.143. The summed E-state index contributed by atoms with van der Waals surface area (Å²) in [4.78, 5) is 51.4. The van der Waals surface area contributed by atoms with Crippen molar-refractivity contribution in [2.45, 2.75) is 45.2 Å². The van der Waals surface area contributed by atoms with Crippen LogP contribution in [0, 0.1) is 0 Å². The number of carbonyl (C=O) groups is 4. The highest BCUT2D eigenvalue weighted by Gasteiger charge is 2.36. The summed E-state index contributed by atoms with van der Waals surface area (Å²) in [5.41, 5.74) is 1.10. The normalized spacial score (nSPS) is 21.7. The van der Waals surface area contributed by atoms with Crippen molar-refractivity contribution < 1.29 is 24.3 Å². The second kappa shape index (κ2) is 8.18. The van der Waals surface area contributed by atoms with E-state index in [0.717, 1.165) is 24.6 Å². The first-order valence-electron chi connectivity index (χ1n) is 9.20. The molecule has 7 nitrogen and oxygen atoms in total. The number of imide groups is 1. The Bertz CT molecular complexity index is 847. The summed E-state index contributed by atoms with van der Waals surface area (Å²) in [6.45, 7) is 4.00. The zero-order valence-corrected chi connectivity index (χ0v) is 16.6. The number of piperidine rings is 1. The van der Waals surface area contributed by atoms with Gasteiger partial charge in [-0.3, -0.25) is 19.3 Å². The Morgan fingerprint density at radius 1 is 1.18 bits per heavy atom. The predicted octanol–water partition coefficient (Wildman–Crippen LogP) is 3.21. The zero-order valence-electron chi connectivity index (χ0n) is 15.8. The lowest BCUT2D eigenvalue weighted by atomic mass is 10.0. The molecule has 3 rings (SSSR count). The third-order valence-corrected chi connectivity index (χ3v) is 5.73. The number of benzene rings is 1. The van der Waals surface area contributed by atoms with Crippen LogP contribution in [0.15, 0.2) is 29.2 Å². The topological polar surface area (TPSA) is 95.0 Å². The minimum Gasteiger partial charge on any atom is -0.480 e. The average molecular weight is 402 g/mol. The van der Waals surface area contributed by atoms with Crippen LogP contribution in [-0.2, 0) is 9.59 Å². The number of nitrogens with zero attached hydrogens (tertiary/aromatic N) is 2. The van der Waals surface area contributed by atoms with Crippen LogP contribution < -0.4 is 0 Å². The van der Waals surface area contributed by atoms with Gasteiger partial charge in [-0.05, 0) is 68.6 Å². The molecule has 1 unspecified atom stereocenters. The Kier molecular flexibility index (Phi) is 5.88. The monoisotopic (exact) mass is 402 g/mol. The fourth-order valence-electron chi connectivity index (χ4n) is 3.40. The molecule has 1 aromatic rings. The number of carboxylic acid groups (broad SMARTS) is 1. The molecular formula is C20H22N2O5S. The summed E-state index contributed by atoms with van der Waals surface area (Å²) in [5.74, 6) is -1.60.